The molecule has 0 amide bonds. The topological polar surface area (TPSA) is 9.23 Å². The average Bonchev–Trinajstić information content (AvgIpc) is 2.18. The van der Waals surface area contributed by atoms with Gasteiger partial charge in [0.1, 0.15) is 5.75 Å². The second-order valence-corrected chi connectivity index (χ2v) is 5.33. The monoisotopic (exact) mass is 334 g/mol. The normalized spacial score (nSPS) is 12.5. The molecule has 0 fully saturated rings. The van der Waals surface area contributed by atoms with E-state index >= 15 is 0 Å². The molecule has 1 aromatic rings. The highest BCUT2D eigenvalue weighted by Gasteiger charge is 2.10. The van der Waals surface area contributed by atoms with Gasteiger partial charge in [0.2, 0.25) is 0 Å². The van der Waals surface area contributed by atoms with E-state index in [0.29, 0.717) is 11.4 Å². The summed E-state index contributed by atoms with van der Waals surface area (Å²) >= 11 is 7.27. The van der Waals surface area contributed by atoms with Gasteiger partial charge in [-0.2, -0.15) is 0 Å². The molecule has 0 aliphatic rings. The lowest BCUT2D eigenvalue weighted by atomic mass is 10.1. The Labute approximate surface area is 108 Å². The van der Waals surface area contributed by atoms with E-state index in [9.17, 15) is 0 Å². The predicted molar refractivity (Wildman–Crippen MR) is 71.9 cm³/mol. The van der Waals surface area contributed by atoms with Crippen molar-refractivity contribution in [3.8, 4) is 5.75 Å². The van der Waals surface area contributed by atoms with Gasteiger partial charge in [0.15, 0.2) is 0 Å². The Morgan fingerprint density at radius 3 is 2.60 bits per heavy atom. The molecule has 0 heterocycles. The number of ether oxygens (including phenoxy) is 1. The molecule has 0 saturated heterocycles. The smallest absolute Gasteiger partial charge is 0.120 e. The molecule has 0 N–H and O–H groups in total. The zero-order valence-electron chi connectivity index (χ0n) is 9.09. The Balaban J connectivity index is 2.82. The Bertz CT molecular complexity index is 312. The third-order valence-electron chi connectivity index (χ3n) is 2.16. The first-order chi connectivity index (χ1) is 7.19. The first kappa shape index (κ1) is 13.0. The Morgan fingerprint density at radius 2 is 2.07 bits per heavy atom. The summed E-state index contributed by atoms with van der Waals surface area (Å²) in [5.74, 6) is 0.921. The van der Waals surface area contributed by atoms with E-state index in [1.54, 1.807) is 0 Å². The molecule has 0 spiro atoms. The number of alkyl halides is 1. The van der Waals surface area contributed by atoms with Crippen molar-refractivity contribution in [1.29, 1.82) is 0 Å². The molecule has 0 saturated carbocycles. The van der Waals surface area contributed by atoms with Gasteiger partial charge in [-0.3, -0.25) is 0 Å². The van der Waals surface area contributed by atoms with Crippen molar-refractivity contribution in [2.75, 3.05) is 6.61 Å². The third kappa shape index (κ3) is 3.80. The quantitative estimate of drug-likeness (QED) is 0.681. The van der Waals surface area contributed by atoms with E-state index in [4.69, 9.17) is 4.74 Å². The Kier molecular flexibility index (Phi) is 5.69. The summed E-state index contributed by atoms with van der Waals surface area (Å²) in [5, 5.41) is 0. The van der Waals surface area contributed by atoms with Crippen molar-refractivity contribution in [2.24, 2.45) is 0 Å². The lowest BCUT2D eigenvalue weighted by Crippen LogP contribution is -1.94. The van der Waals surface area contributed by atoms with E-state index in [2.05, 4.69) is 44.8 Å². The Hall–Kier alpha value is -0.0200. The predicted octanol–water partition coefficient (Wildman–Crippen LogP) is 5.08. The third-order valence-corrected chi connectivity index (χ3v) is 3.80. The summed E-state index contributed by atoms with van der Waals surface area (Å²) < 4.78 is 6.55. The number of benzene rings is 1. The molecule has 0 aliphatic carbocycles. The van der Waals surface area contributed by atoms with Gasteiger partial charge in [-0.05, 0) is 31.0 Å². The van der Waals surface area contributed by atoms with Crippen LogP contribution >= 0.6 is 31.9 Å². The summed E-state index contributed by atoms with van der Waals surface area (Å²) in [6, 6.07) is 6.17. The van der Waals surface area contributed by atoms with Crippen molar-refractivity contribution >= 4 is 31.9 Å². The standard InChI is InChI=1S/C12H16Br2O/c1-3-5-11(13)10-7-6-9(15-4-2)8-12(10)14/h6-8,11H,3-5H2,1-2H3. The van der Waals surface area contributed by atoms with Crippen LogP contribution in [0.5, 0.6) is 5.75 Å². The highest BCUT2D eigenvalue weighted by Crippen LogP contribution is 2.35. The number of hydrogen-bond acceptors (Lipinski definition) is 1. The highest BCUT2D eigenvalue weighted by atomic mass is 79.9. The molecular formula is C12H16Br2O. The van der Waals surface area contributed by atoms with Crippen molar-refractivity contribution < 1.29 is 4.74 Å². The van der Waals surface area contributed by atoms with Crippen LogP contribution in [0.3, 0.4) is 0 Å². The molecule has 15 heavy (non-hydrogen) atoms. The van der Waals surface area contributed by atoms with Gasteiger partial charge in [0, 0.05) is 9.30 Å². The first-order valence-corrected chi connectivity index (χ1v) is 6.96. The molecule has 1 unspecified atom stereocenters. The van der Waals surface area contributed by atoms with Crippen LogP contribution in [0.15, 0.2) is 22.7 Å². The van der Waals surface area contributed by atoms with Crippen LogP contribution in [0.4, 0.5) is 0 Å². The van der Waals surface area contributed by atoms with Crippen LogP contribution in [-0.4, -0.2) is 6.61 Å². The molecule has 84 valence electrons. The van der Waals surface area contributed by atoms with Gasteiger partial charge in [-0.15, -0.1) is 0 Å². The molecule has 0 aliphatic heterocycles. The molecule has 1 rings (SSSR count). The summed E-state index contributed by atoms with van der Waals surface area (Å²) in [6.07, 6.45) is 2.32. The highest BCUT2D eigenvalue weighted by molar-refractivity contribution is 9.11. The molecule has 0 aromatic heterocycles. The summed E-state index contributed by atoms with van der Waals surface area (Å²) in [5.41, 5.74) is 1.29. The van der Waals surface area contributed by atoms with E-state index in [1.165, 1.54) is 12.0 Å². The van der Waals surface area contributed by atoms with Crippen LogP contribution in [0.25, 0.3) is 0 Å². The van der Waals surface area contributed by atoms with Crippen molar-refractivity contribution in [3.63, 3.8) is 0 Å². The maximum absolute atomic E-state index is 5.44. The van der Waals surface area contributed by atoms with Crippen LogP contribution in [0.2, 0.25) is 0 Å². The fourth-order valence-corrected chi connectivity index (χ4v) is 3.23. The minimum atomic E-state index is 0.424. The largest absolute Gasteiger partial charge is 0.494 e. The average molecular weight is 336 g/mol. The lowest BCUT2D eigenvalue weighted by Gasteiger charge is -2.12. The van der Waals surface area contributed by atoms with Gasteiger partial charge < -0.3 is 4.74 Å². The molecule has 3 heteroatoms. The van der Waals surface area contributed by atoms with Gasteiger partial charge >= 0.3 is 0 Å². The van der Waals surface area contributed by atoms with Crippen molar-refractivity contribution in [2.45, 2.75) is 31.5 Å². The summed E-state index contributed by atoms with van der Waals surface area (Å²) in [7, 11) is 0. The number of hydrogen-bond donors (Lipinski definition) is 0. The van der Waals surface area contributed by atoms with Crippen LogP contribution in [0, 0.1) is 0 Å². The van der Waals surface area contributed by atoms with E-state index in [0.717, 1.165) is 16.6 Å². The second-order valence-electron chi connectivity index (χ2n) is 3.37. The maximum Gasteiger partial charge on any atom is 0.120 e. The zero-order chi connectivity index (χ0) is 11.3. The van der Waals surface area contributed by atoms with Gasteiger partial charge in [-0.25, -0.2) is 0 Å². The molecular weight excluding hydrogens is 320 g/mol. The second kappa shape index (κ2) is 6.54. The molecule has 1 atom stereocenters. The minimum Gasteiger partial charge on any atom is -0.494 e. The summed E-state index contributed by atoms with van der Waals surface area (Å²) in [4.78, 5) is 0.424. The first-order valence-electron chi connectivity index (χ1n) is 5.25. The fraction of sp³-hybridized carbons (Fsp3) is 0.500. The van der Waals surface area contributed by atoms with Gasteiger partial charge in [0.25, 0.3) is 0 Å². The summed E-state index contributed by atoms with van der Waals surface area (Å²) in [6.45, 7) is 4.89. The van der Waals surface area contributed by atoms with Crippen LogP contribution < -0.4 is 4.74 Å². The van der Waals surface area contributed by atoms with E-state index in [1.807, 2.05) is 19.1 Å². The maximum atomic E-state index is 5.44. The van der Waals surface area contributed by atoms with Gasteiger partial charge in [-0.1, -0.05) is 51.3 Å². The lowest BCUT2D eigenvalue weighted by molar-refractivity contribution is 0.340. The van der Waals surface area contributed by atoms with Crippen LogP contribution in [0.1, 0.15) is 37.1 Å². The van der Waals surface area contributed by atoms with Crippen molar-refractivity contribution in [1.82, 2.24) is 0 Å². The van der Waals surface area contributed by atoms with Crippen molar-refractivity contribution in [3.05, 3.63) is 28.2 Å². The van der Waals surface area contributed by atoms with E-state index in [-0.39, 0.29) is 0 Å². The molecule has 0 bridgehead atoms. The van der Waals surface area contributed by atoms with Gasteiger partial charge in [0.05, 0.1) is 6.61 Å². The minimum absolute atomic E-state index is 0.424. The van der Waals surface area contributed by atoms with Crippen LogP contribution in [-0.2, 0) is 0 Å². The number of rotatable bonds is 5. The fourth-order valence-electron chi connectivity index (χ4n) is 1.43. The Morgan fingerprint density at radius 1 is 1.33 bits per heavy atom. The SMILES string of the molecule is CCCC(Br)c1ccc(OCC)cc1Br. The molecule has 0 radical (unpaired) electrons. The van der Waals surface area contributed by atoms with E-state index < -0.39 is 0 Å². The zero-order valence-corrected chi connectivity index (χ0v) is 12.3. The number of halogens is 2. The molecule has 1 nitrogen and oxygen atoms in total. The molecule has 1 aromatic carbocycles.